The Balaban J connectivity index is 2.29. The number of nitrogens with two attached hydrogens (primary N) is 1. The molecule has 0 saturated heterocycles. The fourth-order valence-corrected chi connectivity index (χ4v) is 1.72. The minimum absolute atomic E-state index is 0.235. The molecule has 0 radical (unpaired) electrons. The van der Waals surface area contributed by atoms with Crippen LogP contribution in [0.15, 0.2) is 21.2 Å². The van der Waals surface area contributed by atoms with Crippen molar-refractivity contribution in [3.63, 3.8) is 0 Å². The van der Waals surface area contributed by atoms with Gasteiger partial charge in [0.2, 0.25) is 0 Å². The molecule has 2 heterocycles. The second-order valence-electron chi connectivity index (χ2n) is 3.08. The zero-order chi connectivity index (χ0) is 8.84. The van der Waals surface area contributed by atoms with Crippen LogP contribution in [0, 0.1) is 0 Å². The second-order valence-corrected chi connectivity index (χ2v) is 3.08. The highest BCUT2D eigenvalue weighted by Gasteiger charge is 2.23. The molecule has 2 N–H and O–H groups in total. The summed E-state index contributed by atoms with van der Waals surface area (Å²) in [6.45, 7) is 0. The number of nitrogens with zero attached hydrogens (tertiary/aromatic N) is 1. The van der Waals surface area contributed by atoms with Crippen LogP contribution in [0.2, 0.25) is 0 Å². The molecule has 0 fully saturated rings. The van der Waals surface area contributed by atoms with Gasteiger partial charge in [0.25, 0.3) is 6.01 Å². The van der Waals surface area contributed by atoms with Crippen molar-refractivity contribution in [3.8, 4) is 11.3 Å². The van der Waals surface area contributed by atoms with Gasteiger partial charge in [0.15, 0.2) is 0 Å². The summed E-state index contributed by atoms with van der Waals surface area (Å²) in [5.41, 5.74) is 7.33. The molecule has 2 aromatic heterocycles. The summed E-state index contributed by atoms with van der Waals surface area (Å²) in [7, 11) is 0. The highest BCUT2D eigenvalue weighted by molar-refractivity contribution is 5.66. The summed E-state index contributed by atoms with van der Waals surface area (Å²) in [6, 6.07) is 2.13. The van der Waals surface area contributed by atoms with Crippen molar-refractivity contribution < 1.29 is 8.83 Å². The van der Waals surface area contributed by atoms with Crippen molar-refractivity contribution in [3.05, 3.63) is 23.9 Å². The van der Waals surface area contributed by atoms with Crippen molar-refractivity contribution in [2.24, 2.45) is 0 Å². The van der Waals surface area contributed by atoms with E-state index in [1.165, 1.54) is 0 Å². The van der Waals surface area contributed by atoms with Crippen LogP contribution in [-0.2, 0) is 12.8 Å². The largest absolute Gasteiger partial charge is 0.469 e. The Bertz CT molecular complexity index is 456. The molecule has 2 aromatic rings. The monoisotopic (exact) mass is 176 g/mol. The maximum Gasteiger partial charge on any atom is 0.292 e. The first-order valence-corrected chi connectivity index (χ1v) is 4.16. The molecule has 66 valence electrons. The Morgan fingerprint density at radius 2 is 2.15 bits per heavy atom. The lowest BCUT2D eigenvalue weighted by atomic mass is 10.0. The van der Waals surface area contributed by atoms with E-state index >= 15 is 0 Å². The molecule has 4 heteroatoms. The average molecular weight is 176 g/mol. The van der Waals surface area contributed by atoms with Gasteiger partial charge in [-0.05, 0) is 6.07 Å². The second kappa shape index (κ2) is 2.16. The SMILES string of the molecule is Nc1nc2c(o1)CCc1occc1-2. The summed E-state index contributed by atoms with van der Waals surface area (Å²) in [6.07, 6.45) is 3.36. The highest BCUT2D eigenvalue weighted by atomic mass is 16.4. The third-order valence-electron chi connectivity index (χ3n) is 2.29. The van der Waals surface area contributed by atoms with E-state index in [1.807, 2.05) is 6.07 Å². The van der Waals surface area contributed by atoms with E-state index in [0.29, 0.717) is 0 Å². The fourth-order valence-electron chi connectivity index (χ4n) is 1.72. The number of nitrogen functional groups attached to an aromatic ring is 1. The molecule has 0 amide bonds. The molecule has 0 aliphatic heterocycles. The standard InChI is InChI=1S/C9H8N2O2/c10-9-11-8-5-3-4-12-6(5)1-2-7(8)13-9/h3-4H,1-2H2,(H2,10,11). The minimum atomic E-state index is 0.235. The van der Waals surface area contributed by atoms with E-state index in [9.17, 15) is 0 Å². The lowest BCUT2D eigenvalue weighted by molar-refractivity contribution is 0.476. The van der Waals surface area contributed by atoms with Gasteiger partial charge < -0.3 is 14.6 Å². The molecular formula is C9H8N2O2. The van der Waals surface area contributed by atoms with E-state index in [1.54, 1.807) is 6.26 Å². The molecule has 1 aliphatic rings. The number of rotatable bonds is 0. The Morgan fingerprint density at radius 3 is 3.08 bits per heavy atom. The molecule has 3 rings (SSSR count). The molecule has 13 heavy (non-hydrogen) atoms. The van der Waals surface area contributed by atoms with Crippen LogP contribution in [0.4, 0.5) is 6.01 Å². The number of anilines is 1. The molecular weight excluding hydrogens is 168 g/mol. The number of aromatic nitrogens is 1. The van der Waals surface area contributed by atoms with E-state index in [2.05, 4.69) is 4.98 Å². The third kappa shape index (κ3) is 0.824. The van der Waals surface area contributed by atoms with Crippen LogP contribution in [-0.4, -0.2) is 4.98 Å². The summed E-state index contributed by atoms with van der Waals surface area (Å²) in [5.74, 6) is 1.84. The maximum atomic E-state index is 5.48. The number of hydrogen-bond donors (Lipinski definition) is 1. The molecule has 0 spiro atoms. The smallest absolute Gasteiger partial charge is 0.292 e. The zero-order valence-electron chi connectivity index (χ0n) is 6.91. The Labute approximate surface area is 74.4 Å². The number of aryl methyl sites for hydroxylation is 2. The topological polar surface area (TPSA) is 65.2 Å². The zero-order valence-corrected chi connectivity index (χ0v) is 6.91. The van der Waals surface area contributed by atoms with Gasteiger partial charge in [0.1, 0.15) is 17.2 Å². The van der Waals surface area contributed by atoms with Crippen molar-refractivity contribution in [2.45, 2.75) is 12.8 Å². The number of oxazole rings is 1. The van der Waals surface area contributed by atoms with Crippen LogP contribution in [0.5, 0.6) is 0 Å². The number of fused-ring (bicyclic) bond motifs is 3. The number of furan rings is 1. The lowest BCUT2D eigenvalue weighted by Gasteiger charge is -2.06. The predicted molar refractivity (Wildman–Crippen MR) is 46.0 cm³/mol. The van der Waals surface area contributed by atoms with Crippen molar-refractivity contribution >= 4 is 6.01 Å². The van der Waals surface area contributed by atoms with Crippen molar-refractivity contribution in [2.75, 3.05) is 5.73 Å². The van der Waals surface area contributed by atoms with Gasteiger partial charge in [-0.3, -0.25) is 0 Å². The van der Waals surface area contributed by atoms with E-state index in [4.69, 9.17) is 14.6 Å². The first kappa shape index (κ1) is 6.77. The Morgan fingerprint density at radius 1 is 1.31 bits per heavy atom. The van der Waals surface area contributed by atoms with E-state index < -0.39 is 0 Å². The Hall–Kier alpha value is -1.71. The molecule has 0 unspecified atom stereocenters. The predicted octanol–water partition coefficient (Wildman–Crippen LogP) is 1.62. The minimum Gasteiger partial charge on any atom is -0.469 e. The highest BCUT2D eigenvalue weighted by Crippen LogP contribution is 2.34. The molecule has 1 aliphatic carbocycles. The van der Waals surface area contributed by atoms with Gasteiger partial charge in [-0.2, -0.15) is 4.98 Å². The average Bonchev–Trinajstić information content (AvgIpc) is 2.65. The van der Waals surface area contributed by atoms with Crippen LogP contribution in [0.3, 0.4) is 0 Å². The van der Waals surface area contributed by atoms with Gasteiger partial charge >= 0.3 is 0 Å². The van der Waals surface area contributed by atoms with Crippen LogP contribution < -0.4 is 5.73 Å². The molecule has 0 bridgehead atoms. The van der Waals surface area contributed by atoms with E-state index in [-0.39, 0.29) is 6.01 Å². The van der Waals surface area contributed by atoms with Gasteiger partial charge in [-0.1, -0.05) is 0 Å². The number of hydrogen-bond acceptors (Lipinski definition) is 4. The normalized spacial score (nSPS) is 13.8. The van der Waals surface area contributed by atoms with E-state index in [0.717, 1.165) is 35.6 Å². The first-order valence-electron chi connectivity index (χ1n) is 4.16. The van der Waals surface area contributed by atoms with Crippen LogP contribution >= 0.6 is 0 Å². The summed E-state index contributed by atoms with van der Waals surface area (Å²) in [4.78, 5) is 4.12. The summed E-state index contributed by atoms with van der Waals surface area (Å²) >= 11 is 0. The fraction of sp³-hybridized carbons (Fsp3) is 0.222. The molecule has 0 atom stereocenters. The van der Waals surface area contributed by atoms with Gasteiger partial charge in [0.05, 0.1) is 6.26 Å². The van der Waals surface area contributed by atoms with Gasteiger partial charge in [-0.15, -0.1) is 0 Å². The van der Waals surface area contributed by atoms with Gasteiger partial charge in [0, 0.05) is 18.4 Å². The molecule has 4 nitrogen and oxygen atoms in total. The first-order chi connectivity index (χ1) is 6.34. The lowest BCUT2D eigenvalue weighted by Crippen LogP contribution is -1.99. The molecule has 0 saturated carbocycles. The summed E-state index contributed by atoms with van der Waals surface area (Å²) < 4.78 is 10.6. The third-order valence-corrected chi connectivity index (χ3v) is 2.29. The Kier molecular flexibility index (Phi) is 1.12. The van der Waals surface area contributed by atoms with Crippen LogP contribution in [0.1, 0.15) is 11.5 Å². The van der Waals surface area contributed by atoms with Crippen molar-refractivity contribution in [1.29, 1.82) is 0 Å². The van der Waals surface area contributed by atoms with Crippen LogP contribution in [0.25, 0.3) is 11.3 Å². The maximum absolute atomic E-state index is 5.48. The quantitative estimate of drug-likeness (QED) is 0.662. The summed E-state index contributed by atoms with van der Waals surface area (Å²) in [5, 5.41) is 0. The molecule has 0 aromatic carbocycles. The van der Waals surface area contributed by atoms with Gasteiger partial charge in [-0.25, -0.2) is 0 Å². The van der Waals surface area contributed by atoms with Crippen molar-refractivity contribution in [1.82, 2.24) is 4.98 Å².